The summed E-state index contributed by atoms with van der Waals surface area (Å²) in [4.78, 5) is 35.9. The standard InChI is InChI=1S/C16H29N3O5S/c1-15(2)8-25-16(3,4)14(15)19-13(23)10(7-24-5)18-12(22)9(17)6-11(20)21/h9-10,14H,6-8,17H2,1-5H3,(H,18,22)(H,19,23)(H,20,21)/t9-,10-,14?/m0/s1/i/hD. The van der Waals surface area contributed by atoms with Gasteiger partial charge in [-0.3, -0.25) is 14.4 Å². The Kier molecular flexibility index (Phi) is 6.70. The van der Waals surface area contributed by atoms with E-state index in [2.05, 4.69) is 43.4 Å². The van der Waals surface area contributed by atoms with Gasteiger partial charge in [0.25, 0.3) is 1.43 Å². The number of rotatable bonds is 8. The zero-order chi connectivity index (χ0) is 20.1. The first kappa shape index (κ1) is 20.0. The van der Waals surface area contributed by atoms with E-state index in [9.17, 15) is 14.4 Å². The van der Waals surface area contributed by atoms with Gasteiger partial charge in [0.1, 0.15) is 6.04 Å². The first-order valence-corrected chi connectivity index (χ1v) is 9.08. The van der Waals surface area contributed by atoms with Crippen LogP contribution >= 0.6 is 11.8 Å². The average Bonchev–Trinajstić information content (AvgIpc) is 2.76. The van der Waals surface area contributed by atoms with Crippen molar-refractivity contribution in [2.45, 2.75) is 57.0 Å². The highest BCUT2D eigenvalue weighted by molar-refractivity contribution is 8.01. The number of ether oxygens (including phenoxy) is 1. The largest absolute Gasteiger partial charge is 0.481 e. The van der Waals surface area contributed by atoms with Crippen molar-refractivity contribution in [3.63, 3.8) is 0 Å². The van der Waals surface area contributed by atoms with Crippen molar-refractivity contribution in [2.24, 2.45) is 11.1 Å². The van der Waals surface area contributed by atoms with Gasteiger partial charge in [0.05, 0.1) is 19.1 Å². The normalized spacial score (nSPS) is 23.9. The highest BCUT2D eigenvalue weighted by Crippen LogP contribution is 2.47. The van der Waals surface area contributed by atoms with Gasteiger partial charge in [-0.1, -0.05) is 13.8 Å². The minimum absolute atomic E-state index is 0.0338. The van der Waals surface area contributed by atoms with Crippen LogP contribution in [0.3, 0.4) is 0 Å². The summed E-state index contributed by atoms with van der Waals surface area (Å²) in [5, 5.41) is 9.27. The van der Waals surface area contributed by atoms with Gasteiger partial charge >= 0.3 is 5.97 Å². The van der Waals surface area contributed by atoms with E-state index in [0.29, 0.717) is 0 Å². The van der Waals surface area contributed by atoms with Crippen LogP contribution in [0.2, 0.25) is 0 Å². The molecule has 9 heteroatoms. The fraction of sp³-hybridized carbons (Fsp3) is 0.812. The predicted octanol–water partition coefficient (Wildman–Crippen LogP) is -0.0440. The Morgan fingerprint density at radius 1 is 1.36 bits per heavy atom. The van der Waals surface area contributed by atoms with Gasteiger partial charge in [-0.2, -0.15) is 11.8 Å². The minimum Gasteiger partial charge on any atom is -0.481 e. The highest BCUT2D eigenvalue weighted by Gasteiger charge is 2.49. The monoisotopic (exact) mass is 376 g/mol. The quantitative estimate of drug-likeness (QED) is 0.467. The summed E-state index contributed by atoms with van der Waals surface area (Å²) >= 11 is 1.79. The summed E-state index contributed by atoms with van der Waals surface area (Å²) in [7, 11) is 1.42. The zero-order valence-electron chi connectivity index (χ0n) is 16.4. The number of nitrogens with one attached hydrogen (secondary N) is 2. The lowest BCUT2D eigenvalue weighted by Gasteiger charge is -2.36. The molecule has 8 nitrogen and oxygen atoms in total. The summed E-state index contributed by atoms with van der Waals surface area (Å²) < 4.78 is 11.4. The average molecular weight is 376 g/mol. The molecule has 0 radical (unpaired) electrons. The van der Waals surface area contributed by atoms with Crippen molar-refractivity contribution in [1.82, 2.24) is 10.6 Å². The molecule has 0 aliphatic carbocycles. The second-order valence-corrected chi connectivity index (χ2v) is 9.15. The second-order valence-electron chi connectivity index (χ2n) is 7.52. The lowest BCUT2D eigenvalue weighted by atomic mass is 9.80. The molecule has 5 N–H and O–H groups in total. The number of amides is 2. The van der Waals surface area contributed by atoms with Gasteiger partial charge in [0.15, 0.2) is 0 Å². The molecule has 144 valence electrons. The molecule has 0 saturated carbocycles. The Morgan fingerprint density at radius 2 is 2.00 bits per heavy atom. The molecule has 0 spiro atoms. The van der Waals surface area contributed by atoms with Crippen LogP contribution < -0.4 is 16.4 Å². The van der Waals surface area contributed by atoms with Gasteiger partial charge < -0.3 is 26.2 Å². The Hall–Kier alpha value is -1.32. The van der Waals surface area contributed by atoms with Crippen molar-refractivity contribution < 1.29 is 24.2 Å². The van der Waals surface area contributed by atoms with Crippen LogP contribution in [-0.4, -0.2) is 65.2 Å². The molecule has 1 saturated heterocycles. The van der Waals surface area contributed by atoms with E-state index in [0.717, 1.165) is 5.75 Å². The van der Waals surface area contributed by atoms with Crippen molar-refractivity contribution in [3.05, 3.63) is 0 Å². The summed E-state index contributed by atoms with van der Waals surface area (Å²) in [6, 6.07) is -2.24. The van der Waals surface area contributed by atoms with Crippen molar-refractivity contribution in [1.29, 1.82) is 1.43 Å². The van der Waals surface area contributed by atoms with E-state index >= 15 is 0 Å². The number of carbonyl (C=O) groups is 3. The number of hydrogen-bond donors (Lipinski definition) is 4. The third-order valence-corrected chi connectivity index (χ3v) is 6.14. The number of aliphatic carboxylic acids is 1. The number of thioether (sulfide) groups is 1. The van der Waals surface area contributed by atoms with Gasteiger partial charge in [0, 0.05) is 23.7 Å². The van der Waals surface area contributed by atoms with E-state index in [1.165, 1.54) is 7.11 Å². The summed E-state index contributed by atoms with van der Waals surface area (Å²) in [5.41, 5.74) is 5.52. The molecule has 3 atom stereocenters. The molecule has 0 bridgehead atoms. The number of carboxylic acid groups (broad SMARTS) is 1. The fourth-order valence-electron chi connectivity index (χ4n) is 2.99. The lowest BCUT2D eigenvalue weighted by molar-refractivity contribution is -0.139. The molecule has 1 unspecified atom stereocenters. The van der Waals surface area contributed by atoms with Gasteiger partial charge in [-0.15, -0.1) is 0 Å². The Balaban J connectivity index is 2.78. The van der Waals surface area contributed by atoms with Gasteiger partial charge in [-0.25, -0.2) is 0 Å². The highest BCUT2D eigenvalue weighted by atomic mass is 32.2. The molecule has 0 aromatic heterocycles. The first-order valence-electron chi connectivity index (χ1n) is 8.50. The molecule has 2 amide bonds. The van der Waals surface area contributed by atoms with E-state index in [-0.39, 0.29) is 28.7 Å². The zero-order valence-corrected chi connectivity index (χ0v) is 16.2. The lowest BCUT2D eigenvalue weighted by Crippen LogP contribution is -2.59. The van der Waals surface area contributed by atoms with Crippen LogP contribution in [0.25, 0.3) is 1.43 Å². The van der Waals surface area contributed by atoms with Crippen molar-refractivity contribution in [3.8, 4) is 0 Å². The molecule has 1 aliphatic heterocycles. The number of methoxy groups -OCH3 is 1. The maximum atomic E-state index is 12.7. The molecule has 1 fully saturated rings. The number of carbonyl (C=O) groups excluding carboxylic acids is 2. The summed E-state index contributed by atoms with van der Waals surface area (Å²) in [6.07, 6.45) is -0.448. The Bertz CT molecular complexity index is 528. The predicted molar refractivity (Wildman–Crippen MR) is 96.3 cm³/mol. The Morgan fingerprint density at radius 3 is 2.48 bits per heavy atom. The topological polar surface area (TPSA) is 131 Å². The first-order chi connectivity index (χ1) is 11.9. The van der Waals surface area contributed by atoms with Crippen LogP contribution in [0.15, 0.2) is 0 Å². The van der Waals surface area contributed by atoms with Gasteiger partial charge in [-0.05, 0) is 19.3 Å². The maximum Gasteiger partial charge on any atom is 0.305 e. The summed E-state index contributed by atoms with van der Waals surface area (Å²) in [5.74, 6) is -1.07. The molecule has 1 aliphatic rings. The SMILES string of the molecule is [2H]OC(=O)C[C@H](N)C(=O)N[C@@H](COC)C(=O)NC1C(C)(C)CSC1(C)C. The van der Waals surface area contributed by atoms with E-state index < -0.39 is 30.4 Å². The molecule has 25 heavy (non-hydrogen) atoms. The molecule has 0 aromatic rings. The third kappa shape index (κ3) is 5.86. The number of hydrogen-bond acceptors (Lipinski definition) is 7. The second kappa shape index (κ2) is 8.37. The fourth-order valence-corrected chi connectivity index (χ4v) is 4.45. The summed E-state index contributed by atoms with van der Waals surface area (Å²) in [6.45, 7) is 8.29. The van der Waals surface area contributed by atoms with Crippen LogP contribution in [0.1, 0.15) is 34.1 Å². The number of nitrogens with two attached hydrogens (primary N) is 1. The minimum atomic E-state index is -1.21. The van der Waals surface area contributed by atoms with E-state index in [4.69, 9.17) is 11.9 Å². The third-order valence-electron chi connectivity index (χ3n) is 4.27. The smallest absolute Gasteiger partial charge is 0.305 e. The molecule has 0 aromatic carbocycles. The van der Waals surface area contributed by atoms with Gasteiger partial charge in [0.2, 0.25) is 11.8 Å². The van der Waals surface area contributed by atoms with E-state index in [1.807, 2.05) is 0 Å². The van der Waals surface area contributed by atoms with Crippen molar-refractivity contribution in [2.75, 3.05) is 19.5 Å². The van der Waals surface area contributed by atoms with Crippen molar-refractivity contribution >= 4 is 29.5 Å². The molecule has 1 heterocycles. The van der Waals surface area contributed by atoms with Crippen LogP contribution in [0, 0.1) is 5.41 Å². The molecular formula is C16H29N3O5S. The van der Waals surface area contributed by atoms with E-state index in [1.54, 1.807) is 11.8 Å². The van der Waals surface area contributed by atoms with Crippen LogP contribution in [0.5, 0.6) is 0 Å². The Labute approximate surface area is 154 Å². The molecular weight excluding hydrogens is 346 g/mol. The van der Waals surface area contributed by atoms with Crippen LogP contribution in [-0.2, 0) is 19.1 Å². The molecule has 1 rings (SSSR count). The van der Waals surface area contributed by atoms with Crippen LogP contribution in [0.4, 0.5) is 0 Å². The maximum absolute atomic E-state index is 12.7. The number of carboxylic acids is 1.